The van der Waals surface area contributed by atoms with Gasteiger partial charge in [-0.25, -0.2) is 0 Å². The van der Waals surface area contributed by atoms with Crippen LogP contribution in [0.4, 0.5) is 0 Å². The summed E-state index contributed by atoms with van der Waals surface area (Å²) in [5, 5.41) is 0. The minimum atomic E-state index is -0.914. The molecule has 1 aliphatic heterocycles. The molecule has 1 aliphatic rings. The van der Waals surface area contributed by atoms with Crippen molar-refractivity contribution in [3.63, 3.8) is 0 Å². The molecule has 0 aliphatic carbocycles. The second kappa shape index (κ2) is 21.1. The first-order valence-corrected chi connectivity index (χ1v) is 14.3. The van der Waals surface area contributed by atoms with Gasteiger partial charge in [0, 0.05) is 12.5 Å². The third-order valence-corrected chi connectivity index (χ3v) is 6.36. The molecule has 1 heterocycles. The van der Waals surface area contributed by atoms with Crippen molar-refractivity contribution in [1.82, 2.24) is 0 Å². The Labute approximate surface area is 205 Å². The maximum absolute atomic E-state index is 6.52. The standard InChI is InChI=1S/C28H56O5/c1-5-9-13-14-15-16-18-26(19-17-20-29-24-27-25-30-27)28(31-21-10-6-2,32-22-11-7-3)33-23-12-8-4/h26-27H,5-25H2,1-4H3/t26-,27?/m1/s1. The Morgan fingerprint density at radius 1 is 0.636 bits per heavy atom. The zero-order valence-electron chi connectivity index (χ0n) is 22.5. The van der Waals surface area contributed by atoms with Crippen LogP contribution < -0.4 is 0 Å². The summed E-state index contributed by atoms with van der Waals surface area (Å²) in [6, 6.07) is 0. The van der Waals surface area contributed by atoms with E-state index >= 15 is 0 Å². The van der Waals surface area contributed by atoms with Crippen molar-refractivity contribution in [3.8, 4) is 0 Å². The molecule has 0 bridgehead atoms. The lowest BCUT2D eigenvalue weighted by Gasteiger charge is -2.40. The molecule has 2 atom stereocenters. The Morgan fingerprint density at radius 2 is 1.12 bits per heavy atom. The Kier molecular flexibility index (Phi) is 19.7. The average molecular weight is 473 g/mol. The monoisotopic (exact) mass is 472 g/mol. The first-order chi connectivity index (χ1) is 16.2. The molecule has 198 valence electrons. The van der Waals surface area contributed by atoms with Gasteiger partial charge in [-0.05, 0) is 38.5 Å². The predicted molar refractivity (Wildman–Crippen MR) is 137 cm³/mol. The highest BCUT2D eigenvalue weighted by Gasteiger charge is 2.42. The van der Waals surface area contributed by atoms with E-state index in [4.69, 9.17) is 23.7 Å². The summed E-state index contributed by atoms with van der Waals surface area (Å²) in [5.41, 5.74) is 0. The fourth-order valence-corrected chi connectivity index (χ4v) is 4.03. The van der Waals surface area contributed by atoms with E-state index in [-0.39, 0.29) is 5.92 Å². The summed E-state index contributed by atoms with van der Waals surface area (Å²) in [6.45, 7) is 13.3. The van der Waals surface area contributed by atoms with E-state index in [1.807, 2.05) is 0 Å². The molecule has 0 aromatic heterocycles. The molecular weight excluding hydrogens is 416 g/mol. The van der Waals surface area contributed by atoms with E-state index in [2.05, 4.69) is 27.7 Å². The molecule has 0 N–H and O–H groups in total. The Morgan fingerprint density at radius 3 is 1.64 bits per heavy atom. The van der Waals surface area contributed by atoms with Gasteiger partial charge in [-0.3, -0.25) is 0 Å². The third kappa shape index (κ3) is 15.4. The normalized spacial score (nSPS) is 16.9. The summed E-state index contributed by atoms with van der Waals surface area (Å²) < 4.78 is 30.7. The van der Waals surface area contributed by atoms with Crippen molar-refractivity contribution in [3.05, 3.63) is 0 Å². The Hall–Kier alpha value is -0.200. The molecule has 0 amide bonds. The van der Waals surface area contributed by atoms with Crippen molar-refractivity contribution in [1.29, 1.82) is 0 Å². The quantitative estimate of drug-likeness (QED) is 0.0735. The zero-order chi connectivity index (χ0) is 24.0. The lowest BCUT2D eigenvalue weighted by Crippen LogP contribution is -2.47. The number of ether oxygens (including phenoxy) is 5. The fourth-order valence-electron chi connectivity index (χ4n) is 4.03. The molecule has 0 saturated carbocycles. The highest BCUT2D eigenvalue weighted by atomic mass is 16.9. The van der Waals surface area contributed by atoms with Gasteiger partial charge in [-0.1, -0.05) is 85.5 Å². The molecule has 1 saturated heterocycles. The van der Waals surface area contributed by atoms with Gasteiger partial charge in [-0.15, -0.1) is 0 Å². The van der Waals surface area contributed by atoms with Crippen molar-refractivity contribution in [2.75, 3.05) is 39.6 Å². The van der Waals surface area contributed by atoms with E-state index in [9.17, 15) is 0 Å². The van der Waals surface area contributed by atoms with Crippen molar-refractivity contribution in [2.45, 2.75) is 136 Å². The molecule has 33 heavy (non-hydrogen) atoms. The Bertz CT molecular complexity index is 387. The van der Waals surface area contributed by atoms with Crippen molar-refractivity contribution in [2.24, 2.45) is 5.92 Å². The molecule has 0 spiro atoms. The maximum Gasteiger partial charge on any atom is 0.285 e. The average Bonchev–Trinajstić information content (AvgIpc) is 3.64. The lowest BCUT2D eigenvalue weighted by atomic mass is 9.92. The van der Waals surface area contributed by atoms with Gasteiger partial charge in [0.15, 0.2) is 0 Å². The van der Waals surface area contributed by atoms with E-state index in [1.54, 1.807) is 0 Å². The number of epoxide rings is 1. The summed E-state index contributed by atoms with van der Waals surface area (Å²) in [5.74, 6) is -0.683. The van der Waals surface area contributed by atoms with Crippen LogP contribution in [-0.4, -0.2) is 51.7 Å². The summed E-state index contributed by atoms with van der Waals surface area (Å²) >= 11 is 0. The number of unbranched alkanes of at least 4 members (excludes halogenated alkanes) is 8. The van der Waals surface area contributed by atoms with Crippen LogP contribution >= 0.6 is 0 Å². The SMILES string of the molecule is CCCCCCCC[C@H](CCCOCC1CO1)C(OCCCC)(OCCCC)OCCCC. The van der Waals surface area contributed by atoms with Gasteiger partial charge in [0.05, 0.1) is 33.0 Å². The number of rotatable bonds is 26. The van der Waals surface area contributed by atoms with E-state index in [0.29, 0.717) is 25.9 Å². The molecule has 1 rings (SSSR count). The van der Waals surface area contributed by atoms with Crippen LogP contribution in [0, 0.1) is 5.92 Å². The van der Waals surface area contributed by atoms with E-state index in [0.717, 1.165) is 77.6 Å². The van der Waals surface area contributed by atoms with Crippen LogP contribution in [0.25, 0.3) is 0 Å². The molecular formula is C28H56O5. The van der Waals surface area contributed by atoms with Gasteiger partial charge in [0.1, 0.15) is 6.10 Å². The van der Waals surface area contributed by atoms with Crippen LogP contribution in [0.15, 0.2) is 0 Å². The number of hydrogen-bond donors (Lipinski definition) is 0. The molecule has 0 aromatic rings. The van der Waals surface area contributed by atoms with Crippen LogP contribution in [0.2, 0.25) is 0 Å². The van der Waals surface area contributed by atoms with Crippen LogP contribution in [0.5, 0.6) is 0 Å². The molecule has 5 heteroatoms. The van der Waals surface area contributed by atoms with E-state index < -0.39 is 5.97 Å². The topological polar surface area (TPSA) is 49.5 Å². The first kappa shape index (κ1) is 30.8. The van der Waals surface area contributed by atoms with Crippen LogP contribution in [0.3, 0.4) is 0 Å². The summed E-state index contributed by atoms with van der Waals surface area (Å²) in [4.78, 5) is 0. The van der Waals surface area contributed by atoms with Crippen LogP contribution in [-0.2, 0) is 23.7 Å². The van der Waals surface area contributed by atoms with E-state index in [1.165, 1.54) is 38.5 Å². The number of hydrogen-bond acceptors (Lipinski definition) is 5. The van der Waals surface area contributed by atoms with Gasteiger partial charge < -0.3 is 23.7 Å². The highest BCUT2D eigenvalue weighted by Crippen LogP contribution is 2.35. The zero-order valence-corrected chi connectivity index (χ0v) is 22.5. The first-order valence-electron chi connectivity index (χ1n) is 14.3. The van der Waals surface area contributed by atoms with Gasteiger partial charge in [0.2, 0.25) is 0 Å². The summed E-state index contributed by atoms with van der Waals surface area (Å²) in [6.07, 6.45) is 17.6. The smallest absolute Gasteiger partial charge is 0.285 e. The minimum Gasteiger partial charge on any atom is -0.379 e. The second-order valence-corrected chi connectivity index (χ2v) is 9.64. The molecule has 0 aromatic carbocycles. The highest BCUT2D eigenvalue weighted by molar-refractivity contribution is 4.74. The van der Waals surface area contributed by atoms with Crippen LogP contribution in [0.1, 0.15) is 124 Å². The maximum atomic E-state index is 6.52. The van der Waals surface area contributed by atoms with Crippen molar-refractivity contribution >= 4 is 0 Å². The van der Waals surface area contributed by atoms with Gasteiger partial charge in [-0.2, -0.15) is 0 Å². The minimum absolute atomic E-state index is 0.231. The second-order valence-electron chi connectivity index (χ2n) is 9.64. The molecule has 5 nitrogen and oxygen atoms in total. The van der Waals surface area contributed by atoms with Gasteiger partial charge in [0.25, 0.3) is 5.97 Å². The molecule has 1 unspecified atom stereocenters. The molecule has 0 radical (unpaired) electrons. The predicted octanol–water partition coefficient (Wildman–Crippen LogP) is 7.65. The fraction of sp³-hybridized carbons (Fsp3) is 1.00. The largest absolute Gasteiger partial charge is 0.379 e. The third-order valence-electron chi connectivity index (χ3n) is 6.36. The lowest BCUT2D eigenvalue weighted by molar-refractivity contribution is -0.407. The molecule has 1 fully saturated rings. The summed E-state index contributed by atoms with van der Waals surface area (Å²) in [7, 11) is 0. The Balaban J connectivity index is 2.80. The van der Waals surface area contributed by atoms with Gasteiger partial charge >= 0.3 is 0 Å². The van der Waals surface area contributed by atoms with Crippen molar-refractivity contribution < 1.29 is 23.7 Å².